The number of para-hydroxylation sites is 1. The first-order valence-corrected chi connectivity index (χ1v) is 13.1. The lowest BCUT2D eigenvalue weighted by atomic mass is 9.87. The Balaban J connectivity index is 1.06. The number of hydrogen-bond donors (Lipinski definition) is 2. The fourth-order valence-electron chi connectivity index (χ4n) is 5.45. The van der Waals surface area contributed by atoms with E-state index >= 15 is 0 Å². The number of piperidine rings is 1. The molecule has 186 valence electrons. The Bertz CT molecular complexity index is 1280. The van der Waals surface area contributed by atoms with Crippen LogP contribution in [-0.4, -0.2) is 64.1 Å². The van der Waals surface area contributed by atoms with Gasteiger partial charge in [0.25, 0.3) is 0 Å². The van der Waals surface area contributed by atoms with Crippen molar-refractivity contribution in [3.05, 3.63) is 54.0 Å². The van der Waals surface area contributed by atoms with Gasteiger partial charge in [-0.25, -0.2) is 15.0 Å². The van der Waals surface area contributed by atoms with Gasteiger partial charge < -0.3 is 29.5 Å². The maximum absolute atomic E-state index is 10.1. The van der Waals surface area contributed by atoms with Gasteiger partial charge in [0.2, 0.25) is 0 Å². The van der Waals surface area contributed by atoms with Crippen molar-refractivity contribution in [2.45, 2.75) is 46.9 Å². The molecule has 0 bridgehead atoms. The molecule has 2 N–H and O–H groups in total. The molecule has 0 atom stereocenters. The summed E-state index contributed by atoms with van der Waals surface area (Å²) in [5.74, 6) is 3.20. The van der Waals surface area contributed by atoms with E-state index in [4.69, 9.17) is 24.2 Å². The number of pyridine rings is 1. The van der Waals surface area contributed by atoms with Crippen LogP contribution in [0.25, 0.3) is 0 Å². The minimum absolute atomic E-state index is 0.137. The molecular weight excluding hydrogens is 478 g/mol. The molecule has 36 heavy (non-hydrogen) atoms. The molecule has 2 saturated heterocycles. The largest absolute Gasteiger partial charge is 0.487 e. The topological polar surface area (TPSA) is 102 Å². The van der Waals surface area contributed by atoms with Gasteiger partial charge in [0.15, 0.2) is 17.4 Å². The van der Waals surface area contributed by atoms with Gasteiger partial charge in [-0.3, -0.25) is 0 Å². The molecule has 2 fully saturated rings. The van der Waals surface area contributed by atoms with Gasteiger partial charge in [0.1, 0.15) is 34.2 Å². The lowest BCUT2D eigenvalue weighted by Gasteiger charge is -2.45. The Kier molecular flexibility index (Phi) is 5.23. The first-order valence-electron chi connectivity index (χ1n) is 12.3. The number of ether oxygens (including phenoxy) is 3. The summed E-state index contributed by atoms with van der Waals surface area (Å²) in [6.07, 6.45) is 6.30. The van der Waals surface area contributed by atoms with E-state index in [0.717, 1.165) is 60.4 Å². The summed E-state index contributed by atoms with van der Waals surface area (Å²) < 4.78 is 17.8. The molecule has 3 aromatic rings. The molecule has 9 nitrogen and oxygen atoms in total. The van der Waals surface area contributed by atoms with Crippen molar-refractivity contribution in [3.8, 4) is 11.5 Å². The number of benzene rings is 1. The molecule has 0 aliphatic carbocycles. The second kappa shape index (κ2) is 8.50. The predicted octanol–water partition coefficient (Wildman–Crippen LogP) is 3.06. The molecule has 2 aromatic heterocycles. The zero-order valence-electron chi connectivity index (χ0n) is 19.8. The van der Waals surface area contributed by atoms with Gasteiger partial charge in [-0.2, -0.15) is 0 Å². The molecule has 10 heteroatoms. The van der Waals surface area contributed by atoms with Crippen LogP contribution in [0.2, 0.25) is 0 Å². The number of aliphatic hydroxyl groups is 1. The smallest absolute Gasteiger partial charge is 0.175 e. The standard InChI is InChI=1S/C26H27N5O4S/c32-13-18-24(31-9-6-26(7-10-31)11-17-3-1-2-4-19(17)35-26)28-12-21(29-18)36-20-5-8-27-23-22(20)34-16-25(30-23)14-33-15-25/h1-5,8,12,32H,6-7,9-11,13-16H2,(H,27,30). The van der Waals surface area contributed by atoms with Crippen LogP contribution in [-0.2, 0) is 17.8 Å². The zero-order valence-corrected chi connectivity index (χ0v) is 20.6. The maximum Gasteiger partial charge on any atom is 0.175 e. The fraction of sp³-hybridized carbons (Fsp3) is 0.423. The van der Waals surface area contributed by atoms with E-state index in [0.29, 0.717) is 30.5 Å². The molecule has 7 rings (SSSR count). The van der Waals surface area contributed by atoms with E-state index in [1.54, 1.807) is 12.4 Å². The van der Waals surface area contributed by atoms with Gasteiger partial charge >= 0.3 is 0 Å². The molecule has 0 saturated carbocycles. The van der Waals surface area contributed by atoms with Crippen LogP contribution < -0.4 is 19.7 Å². The van der Waals surface area contributed by atoms with Crippen LogP contribution in [0.15, 0.2) is 52.6 Å². The fourth-order valence-corrected chi connectivity index (χ4v) is 6.31. The van der Waals surface area contributed by atoms with Crippen molar-refractivity contribution in [1.82, 2.24) is 15.0 Å². The van der Waals surface area contributed by atoms with Crippen molar-refractivity contribution in [3.63, 3.8) is 0 Å². The van der Waals surface area contributed by atoms with Crippen LogP contribution in [0.4, 0.5) is 11.6 Å². The molecule has 4 aliphatic heterocycles. The summed E-state index contributed by atoms with van der Waals surface area (Å²) >= 11 is 1.46. The first kappa shape index (κ1) is 22.1. The van der Waals surface area contributed by atoms with Gasteiger partial charge in [-0.05, 0) is 17.7 Å². The van der Waals surface area contributed by atoms with E-state index < -0.39 is 0 Å². The van der Waals surface area contributed by atoms with Crippen LogP contribution in [0.3, 0.4) is 0 Å². The van der Waals surface area contributed by atoms with Gasteiger partial charge in [-0.1, -0.05) is 30.0 Å². The van der Waals surface area contributed by atoms with Crippen LogP contribution in [0.5, 0.6) is 11.5 Å². The van der Waals surface area contributed by atoms with E-state index in [9.17, 15) is 5.11 Å². The Hall–Kier alpha value is -3.08. The van der Waals surface area contributed by atoms with Crippen molar-refractivity contribution in [2.75, 3.05) is 43.1 Å². The zero-order chi connectivity index (χ0) is 24.2. The SMILES string of the molecule is OCc1nc(Sc2ccnc3c2OCC2(COC2)N3)cnc1N1CCC2(CC1)Cc1ccccc1O2. The molecular formula is C26H27N5O4S. The lowest BCUT2D eigenvalue weighted by Crippen LogP contribution is -2.61. The van der Waals surface area contributed by atoms with Gasteiger partial charge in [0.05, 0.1) is 30.9 Å². The normalized spacial score (nSPS) is 20.6. The number of aromatic nitrogens is 3. The summed E-state index contributed by atoms with van der Waals surface area (Å²) in [6, 6.07) is 10.2. The van der Waals surface area contributed by atoms with Crippen molar-refractivity contribution >= 4 is 23.4 Å². The van der Waals surface area contributed by atoms with Gasteiger partial charge in [0, 0.05) is 38.5 Å². The molecule has 0 radical (unpaired) electrons. The minimum atomic E-state index is -0.172. The number of hydrogen-bond acceptors (Lipinski definition) is 10. The van der Waals surface area contributed by atoms with Gasteiger partial charge in [-0.15, -0.1) is 0 Å². The van der Waals surface area contributed by atoms with Crippen molar-refractivity contribution < 1.29 is 19.3 Å². The first-order chi connectivity index (χ1) is 17.6. The highest BCUT2D eigenvalue weighted by Gasteiger charge is 2.44. The second-order valence-corrected chi connectivity index (χ2v) is 11.0. The quantitative estimate of drug-likeness (QED) is 0.550. The number of anilines is 2. The summed E-state index contributed by atoms with van der Waals surface area (Å²) in [7, 11) is 0. The number of rotatable bonds is 4. The highest BCUT2D eigenvalue weighted by Crippen LogP contribution is 2.44. The molecule has 0 amide bonds. The van der Waals surface area contributed by atoms with Crippen LogP contribution in [0.1, 0.15) is 24.1 Å². The summed E-state index contributed by atoms with van der Waals surface area (Å²) in [5, 5.41) is 14.3. The van der Waals surface area contributed by atoms with Crippen LogP contribution in [0, 0.1) is 0 Å². The highest BCUT2D eigenvalue weighted by atomic mass is 32.2. The van der Waals surface area contributed by atoms with E-state index in [1.807, 2.05) is 12.1 Å². The Morgan fingerprint density at radius 2 is 1.94 bits per heavy atom. The third-order valence-corrected chi connectivity index (χ3v) is 8.40. The molecule has 2 spiro atoms. The average molecular weight is 506 g/mol. The van der Waals surface area contributed by atoms with Crippen molar-refractivity contribution in [1.29, 1.82) is 0 Å². The lowest BCUT2D eigenvalue weighted by molar-refractivity contribution is -0.0652. The highest BCUT2D eigenvalue weighted by molar-refractivity contribution is 7.99. The summed E-state index contributed by atoms with van der Waals surface area (Å²) in [4.78, 5) is 17.1. The Morgan fingerprint density at radius 1 is 1.08 bits per heavy atom. The summed E-state index contributed by atoms with van der Waals surface area (Å²) in [5.41, 5.74) is 1.56. The predicted molar refractivity (Wildman–Crippen MR) is 134 cm³/mol. The minimum Gasteiger partial charge on any atom is -0.487 e. The number of nitrogens with one attached hydrogen (secondary N) is 1. The average Bonchev–Trinajstić information content (AvgIpc) is 3.25. The van der Waals surface area contributed by atoms with Crippen molar-refractivity contribution in [2.24, 2.45) is 0 Å². The monoisotopic (exact) mass is 505 g/mol. The van der Waals surface area contributed by atoms with Crippen LogP contribution >= 0.6 is 11.8 Å². The Labute approximate surface area is 213 Å². The van der Waals surface area contributed by atoms with E-state index in [1.165, 1.54) is 17.3 Å². The number of fused-ring (bicyclic) bond motifs is 2. The molecule has 1 aromatic carbocycles. The Morgan fingerprint density at radius 3 is 2.72 bits per heavy atom. The molecule has 4 aliphatic rings. The molecule has 6 heterocycles. The molecule has 0 unspecified atom stereocenters. The van der Waals surface area contributed by atoms with E-state index in [-0.39, 0.29) is 17.7 Å². The van der Waals surface area contributed by atoms with E-state index in [2.05, 4.69) is 33.4 Å². The maximum atomic E-state index is 10.1. The third kappa shape index (κ3) is 3.75. The third-order valence-electron chi connectivity index (χ3n) is 7.45. The number of nitrogens with zero attached hydrogens (tertiary/aromatic N) is 4. The summed E-state index contributed by atoms with van der Waals surface area (Å²) in [6.45, 7) is 3.23. The number of aliphatic hydroxyl groups excluding tert-OH is 1. The second-order valence-electron chi connectivity index (χ2n) is 9.97.